The molecule has 3 aromatic rings. The molecule has 0 fully saturated rings. The number of benzene rings is 2. The maximum atomic E-state index is 10.5. The van der Waals surface area contributed by atoms with Crippen molar-refractivity contribution in [3.63, 3.8) is 0 Å². The second kappa shape index (κ2) is 4.49. The highest BCUT2D eigenvalue weighted by molar-refractivity contribution is 6.08. The van der Waals surface area contributed by atoms with E-state index in [0.29, 0.717) is 0 Å². The summed E-state index contributed by atoms with van der Waals surface area (Å²) in [6.45, 7) is 3.91. The zero-order valence-electron chi connectivity index (χ0n) is 11.2. The van der Waals surface area contributed by atoms with Crippen molar-refractivity contribution in [1.29, 1.82) is 0 Å². The Morgan fingerprint density at radius 2 is 2.00 bits per heavy atom. The van der Waals surface area contributed by atoms with Gasteiger partial charge in [-0.3, -0.25) is 10.1 Å². The molecule has 1 aromatic heterocycles. The third-order valence-corrected chi connectivity index (χ3v) is 3.51. The Morgan fingerprint density at radius 1 is 1.25 bits per heavy atom. The van der Waals surface area contributed by atoms with Gasteiger partial charge in [-0.05, 0) is 42.7 Å². The molecule has 0 saturated carbocycles. The van der Waals surface area contributed by atoms with Gasteiger partial charge in [-0.1, -0.05) is 18.2 Å². The van der Waals surface area contributed by atoms with Gasteiger partial charge in [0.15, 0.2) is 0 Å². The molecule has 20 heavy (non-hydrogen) atoms. The van der Waals surface area contributed by atoms with Crippen LogP contribution in [0.15, 0.2) is 40.9 Å². The molecule has 4 nitrogen and oxygen atoms in total. The van der Waals surface area contributed by atoms with E-state index in [4.69, 9.17) is 4.42 Å². The van der Waals surface area contributed by atoms with Crippen LogP contribution < -0.4 is 0 Å². The van der Waals surface area contributed by atoms with Crippen molar-refractivity contribution in [3.05, 3.63) is 63.3 Å². The van der Waals surface area contributed by atoms with E-state index in [2.05, 4.69) is 0 Å². The van der Waals surface area contributed by atoms with Gasteiger partial charge in [0.2, 0.25) is 6.20 Å². The van der Waals surface area contributed by atoms with Gasteiger partial charge in [0.25, 0.3) is 0 Å². The van der Waals surface area contributed by atoms with Crippen LogP contribution in [0.25, 0.3) is 28.0 Å². The fourth-order valence-corrected chi connectivity index (χ4v) is 2.56. The number of furan rings is 1. The first-order valence-electron chi connectivity index (χ1n) is 6.31. The molecule has 0 aliphatic carbocycles. The molecule has 0 bridgehead atoms. The minimum absolute atomic E-state index is 0.452. The number of nitrogens with zero attached hydrogens (tertiary/aromatic N) is 1. The van der Waals surface area contributed by atoms with E-state index in [1.807, 2.05) is 44.2 Å². The van der Waals surface area contributed by atoms with Crippen molar-refractivity contribution in [2.75, 3.05) is 0 Å². The van der Waals surface area contributed by atoms with Gasteiger partial charge in [0, 0.05) is 16.8 Å². The molecule has 0 radical (unpaired) electrons. The summed E-state index contributed by atoms with van der Waals surface area (Å²) >= 11 is 0. The molecule has 0 unspecified atom stereocenters. The van der Waals surface area contributed by atoms with Crippen LogP contribution in [-0.4, -0.2) is 4.92 Å². The standard InChI is InChI=1S/C16H13NO3/c1-10-9-12(7-8-17(18)19)11(2)15-13-5-3-4-6-14(13)20-16(10)15/h3-9H,1-2H3. The predicted molar refractivity (Wildman–Crippen MR) is 79.2 cm³/mol. The van der Waals surface area contributed by atoms with E-state index >= 15 is 0 Å². The predicted octanol–water partition coefficient (Wildman–Crippen LogP) is 4.45. The Kier molecular flexibility index (Phi) is 2.79. The molecule has 1 heterocycles. The fourth-order valence-electron chi connectivity index (χ4n) is 2.56. The molecule has 0 aliphatic heterocycles. The second-order valence-corrected chi connectivity index (χ2v) is 4.81. The van der Waals surface area contributed by atoms with E-state index in [9.17, 15) is 10.1 Å². The van der Waals surface area contributed by atoms with Crippen LogP contribution in [0.1, 0.15) is 16.7 Å². The van der Waals surface area contributed by atoms with Crippen molar-refractivity contribution in [1.82, 2.24) is 0 Å². The quantitative estimate of drug-likeness (QED) is 0.509. The van der Waals surface area contributed by atoms with Crippen LogP contribution in [0.3, 0.4) is 0 Å². The molecule has 100 valence electrons. The zero-order chi connectivity index (χ0) is 14.3. The number of hydrogen-bond donors (Lipinski definition) is 0. The molecular weight excluding hydrogens is 254 g/mol. The lowest BCUT2D eigenvalue weighted by Gasteiger charge is -2.04. The Hall–Kier alpha value is -2.62. The number of para-hydroxylation sites is 1. The highest BCUT2D eigenvalue weighted by Crippen LogP contribution is 2.35. The molecule has 0 saturated heterocycles. The van der Waals surface area contributed by atoms with Gasteiger partial charge >= 0.3 is 0 Å². The average molecular weight is 267 g/mol. The van der Waals surface area contributed by atoms with Gasteiger partial charge < -0.3 is 4.42 Å². The van der Waals surface area contributed by atoms with E-state index < -0.39 is 4.92 Å². The summed E-state index contributed by atoms with van der Waals surface area (Å²) in [5, 5.41) is 12.6. The SMILES string of the molecule is Cc1cc(C=C[N+](=O)[O-])c(C)c2c1oc1ccccc12. The minimum Gasteiger partial charge on any atom is -0.456 e. The lowest BCUT2D eigenvalue weighted by atomic mass is 9.99. The lowest BCUT2D eigenvalue weighted by molar-refractivity contribution is -0.400. The third-order valence-electron chi connectivity index (χ3n) is 3.51. The van der Waals surface area contributed by atoms with E-state index in [-0.39, 0.29) is 0 Å². The van der Waals surface area contributed by atoms with E-state index in [0.717, 1.165) is 44.8 Å². The van der Waals surface area contributed by atoms with Crippen molar-refractivity contribution in [2.24, 2.45) is 0 Å². The molecule has 0 spiro atoms. The first kappa shape index (κ1) is 12.4. The lowest BCUT2D eigenvalue weighted by Crippen LogP contribution is -1.88. The minimum atomic E-state index is -0.452. The summed E-state index contributed by atoms with van der Waals surface area (Å²) in [6.07, 6.45) is 2.50. The Morgan fingerprint density at radius 3 is 2.75 bits per heavy atom. The molecule has 4 heteroatoms. The van der Waals surface area contributed by atoms with Crippen LogP contribution in [0.5, 0.6) is 0 Å². The van der Waals surface area contributed by atoms with Crippen LogP contribution in [0, 0.1) is 24.0 Å². The molecule has 0 aliphatic rings. The van der Waals surface area contributed by atoms with E-state index in [1.165, 1.54) is 6.08 Å². The third kappa shape index (κ3) is 1.86. The average Bonchev–Trinajstić information content (AvgIpc) is 2.81. The number of nitro groups is 1. The normalized spacial score (nSPS) is 11.7. The molecule has 0 amide bonds. The highest BCUT2D eigenvalue weighted by Gasteiger charge is 2.13. The molecular formula is C16H13NO3. The second-order valence-electron chi connectivity index (χ2n) is 4.81. The van der Waals surface area contributed by atoms with Crippen LogP contribution in [0.4, 0.5) is 0 Å². The van der Waals surface area contributed by atoms with E-state index in [1.54, 1.807) is 0 Å². The maximum absolute atomic E-state index is 10.5. The molecule has 2 aromatic carbocycles. The topological polar surface area (TPSA) is 56.3 Å². The summed E-state index contributed by atoms with van der Waals surface area (Å²) < 4.78 is 5.89. The summed E-state index contributed by atoms with van der Waals surface area (Å²) in [7, 11) is 0. The van der Waals surface area contributed by atoms with Crippen LogP contribution in [0.2, 0.25) is 0 Å². The summed E-state index contributed by atoms with van der Waals surface area (Å²) in [5.74, 6) is 0. The Labute approximate surface area is 115 Å². The summed E-state index contributed by atoms with van der Waals surface area (Å²) in [6, 6.07) is 9.75. The van der Waals surface area contributed by atoms with Gasteiger partial charge in [-0.15, -0.1) is 0 Å². The Balaban J connectivity index is 2.38. The Bertz CT molecular complexity index is 859. The van der Waals surface area contributed by atoms with Crippen LogP contribution in [-0.2, 0) is 0 Å². The first-order chi connectivity index (χ1) is 9.58. The van der Waals surface area contributed by atoms with Crippen molar-refractivity contribution >= 4 is 28.0 Å². The van der Waals surface area contributed by atoms with Crippen LogP contribution >= 0.6 is 0 Å². The van der Waals surface area contributed by atoms with Gasteiger partial charge in [-0.2, -0.15) is 0 Å². The smallest absolute Gasteiger partial charge is 0.235 e. The monoisotopic (exact) mass is 267 g/mol. The molecule has 0 N–H and O–H groups in total. The highest BCUT2D eigenvalue weighted by atomic mass is 16.6. The fraction of sp³-hybridized carbons (Fsp3) is 0.125. The van der Waals surface area contributed by atoms with Crippen molar-refractivity contribution in [2.45, 2.75) is 13.8 Å². The first-order valence-corrected chi connectivity index (χ1v) is 6.31. The number of aryl methyl sites for hydroxylation is 2. The number of rotatable bonds is 2. The number of hydrogen-bond acceptors (Lipinski definition) is 3. The van der Waals surface area contributed by atoms with Gasteiger partial charge in [0.05, 0.1) is 4.92 Å². The number of fused-ring (bicyclic) bond motifs is 3. The zero-order valence-corrected chi connectivity index (χ0v) is 11.2. The maximum Gasteiger partial charge on any atom is 0.235 e. The van der Waals surface area contributed by atoms with Gasteiger partial charge in [-0.25, -0.2) is 0 Å². The molecule has 0 atom stereocenters. The van der Waals surface area contributed by atoms with Crippen molar-refractivity contribution in [3.8, 4) is 0 Å². The molecule has 3 rings (SSSR count). The summed E-state index contributed by atoms with van der Waals surface area (Å²) in [5.41, 5.74) is 4.50. The largest absolute Gasteiger partial charge is 0.456 e. The van der Waals surface area contributed by atoms with Gasteiger partial charge in [0.1, 0.15) is 11.2 Å². The van der Waals surface area contributed by atoms with Crippen molar-refractivity contribution < 1.29 is 9.34 Å². The summed E-state index contributed by atoms with van der Waals surface area (Å²) in [4.78, 5) is 10.0.